The van der Waals surface area contributed by atoms with E-state index in [1.807, 2.05) is 20.8 Å². The van der Waals surface area contributed by atoms with Crippen molar-refractivity contribution in [3.05, 3.63) is 34.2 Å². The molecule has 0 bridgehead atoms. The second-order valence-electron chi connectivity index (χ2n) is 8.43. The first-order valence-corrected chi connectivity index (χ1v) is 10.3. The maximum absolute atomic E-state index is 13.2. The van der Waals surface area contributed by atoms with Crippen molar-refractivity contribution >= 4 is 17.8 Å². The van der Waals surface area contributed by atoms with Crippen LogP contribution < -0.4 is 5.56 Å². The highest BCUT2D eigenvalue weighted by Gasteiger charge is 2.57. The highest BCUT2D eigenvalue weighted by atomic mass is 16.2. The van der Waals surface area contributed by atoms with Crippen molar-refractivity contribution in [3.63, 3.8) is 0 Å². The van der Waals surface area contributed by atoms with E-state index in [9.17, 15) is 19.2 Å². The highest BCUT2D eigenvalue weighted by Crippen LogP contribution is 2.38. The second kappa shape index (κ2) is 8.00. The molecule has 0 aromatic carbocycles. The summed E-state index contributed by atoms with van der Waals surface area (Å²) in [7, 11) is 1.63. The molecular weight excluding hydrogens is 372 g/mol. The fraction of sp³-hybridized carbons (Fsp3) is 0.619. The molecule has 0 unspecified atom stereocenters. The number of carbonyl (C=O) groups is 3. The zero-order chi connectivity index (χ0) is 21.3. The smallest absolute Gasteiger partial charge is 0.327 e. The van der Waals surface area contributed by atoms with Gasteiger partial charge in [0.2, 0.25) is 0 Å². The summed E-state index contributed by atoms with van der Waals surface area (Å²) in [6.45, 7) is 7.70. The maximum atomic E-state index is 13.2. The van der Waals surface area contributed by atoms with Gasteiger partial charge in [0.15, 0.2) is 0 Å². The van der Waals surface area contributed by atoms with Gasteiger partial charge in [0.1, 0.15) is 5.54 Å². The SMILES string of the molecule is CCCN1C(=O)N(CC(C)C)C2(CCN(C(=O)c3ccn(C)c(=O)c3)CC2)C1=O. The second-order valence-corrected chi connectivity index (χ2v) is 8.43. The Hall–Kier alpha value is -2.64. The number of hydrogen-bond donors (Lipinski definition) is 0. The van der Waals surface area contributed by atoms with Crippen molar-refractivity contribution < 1.29 is 14.4 Å². The average molecular weight is 402 g/mol. The summed E-state index contributed by atoms with van der Waals surface area (Å²) in [5.41, 5.74) is -0.746. The molecule has 3 rings (SSSR count). The molecule has 8 heteroatoms. The Balaban J connectivity index is 1.81. The molecule has 0 saturated carbocycles. The third-order valence-electron chi connectivity index (χ3n) is 5.85. The van der Waals surface area contributed by atoms with Gasteiger partial charge in [-0.15, -0.1) is 0 Å². The largest absolute Gasteiger partial charge is 0.338 e. The minimum absolute atomic E-state index is 0.134. The van der Waals surface area contributed by atoms with Gasteiger partial charge >= 0.3 is 6.03 Å². The van der Waals surface area contributed by atoms with Crippen LogP contribution in [0.2, 0.25) is 0 Å². The van der Waals surface area contributed by atoms with Crippen molar-refractivity contribution in [2.75, 3.05) is 26.2 Å². The van der Waals surface area contributed by atoms with Crippen molar-refractivity contribution in [2.45, 2.75) is 45.6 Å². The summed E-state index contributed by atoms with van der Waals surface area (Å²) in [5.74, 6) is -0.105. The Morgan fingerprint density at radius 3 is 2.38 bits per heavy atom. The van der Waals surface area contributed by atoms with E-state index in [0.29, 0.717) is 44.6 Å². The van der Waals surface area contributed by atoms with Crippen LogP contribution in [-0.4, -0.2) is 68.8 Å². The molecule has 3 heterocycles. The predicted octanol–water partition coefficient (Wildman–Crippen LogP) is 1.69. The molecule has 1 aromatic rings. The number of piperidine rings is 1. The quantitative estimate of drug-likeness (QED) is 0.702. The molecule has 2 saturated heterocycles. The first-order valence-electron chi connectivity index (χ1n) is 10.3. The minimum Gasteiger partial charge on any atom is -0.338 e. The fourth-order valence-corrected chi connectivity index (χ4v) is 4.25. The van der Waals surface area contributed by atoms with E-state index in [1.165, 1.54) is 15.5 Å². The lowest BCUT2D eigenvalue weighted by Gasteiger charge is -2.42. The average Bonchev–Trinajstić information content (AvgIpc) is 2.86. The molecule has 0 aliphatic carbocycles. The van der Waals surface area contributed by atoms with Crippen molar-refractivity contribution in [1.82, 2.24) is 19.3 Å². The molecule has 1 aromatic heterocycles. The molecule has 0 atom stereocenters. The molecule has 4 amide bonds. The highest BCUT2D eigenvalue weighted by molar-refractivity contribution is 6.07. The van der Waals surface area contributed by atoms with Crippen molar-refractivity contribution in [3.8, 4) is 0 Å². The summed E-state index contributed by atoms with van der Waals surface area (Å²) >= 11 is 0. The summed E-state index contributed by atoms with van der Waals surface area (Å²) < 4.78 is 1.41. The number of urea groups is 1. The van der Waals surface area contributed by atoms with Gasteiger partial charge in [-0.05, 0) is 31.2 Å². The molecular formula is C21H30N4O4. The van der Waals surface area contributed by atoms with Crippen molar-refractivity contribution in [1.29, 1.82) is 0 Å². The fourth-order valence-electron chi connectivity index (χ4n) is 4.25. The minimum atomic E-state index is -0.861. The number of rotatable bonds is 5. The van der Waals surface area contributed by atoms with Gasteiger partial charge < -0.3 is 14.4 Å². The summed E-state index contributed by atoms with van der Waals surface area (Å²) in [6, 6.07) is 2.76. The number of aryl methyl sites for hydroxylation is 1. The standard InChI is InChI=1S/C21H30N4O4/c1-5-9-24-19(28)21(25(20(24)29)14-15(2)3)7-11-23(12-8-21)18(27)16-6-10-22(4)17(26)13-16/h6,10,13,15H,5,7-9,11-12,14H2,1-4H3. The Labute approximate surface area is 171 Å². The lowest BCUT2D eigenvalue weighted by atomic mass is 9.85. The van der Waals surface area contributed by atoms with Crippen LogP contribution in [0.3, 0.4) is 0 Å². The van der Waals surface area contributed by atoms with Crippen molar-refractivity contribution in [2.24, 2.45) is 13.0 Å². The summed E-state index contributed by atoms with van der Waals surface area (Å²) in [6.07, 6.45) is 3.13. The van der Waals surface area contributed by atoms with Crippen LogP contribution in [0.4, 0.5) is 4.79 Å². The third-order valence-corrected chi connectivity index (χ3v) is 5.85. The number of amides is 4. The molecule has 8 nitrogen and oxygen atoms in total. The first-order chi connectivity index (χ1) is 13.7. The number of imide groups is 1. The van der Waals surface area contributed by atoms with Gasteiger partial charge in [-0.2, -0.15) is 0 Å². The van der Waals surface area contributed by atoms with Crippen LogP contribution >= 0.6 is 0 Å². The molecule has 29 heavy (non-hydrogen) atoms. The maximum Gasteiger partial charge on any atom is 0.327 e. The van der Waals surface area contributed by atoms with E-state index >= 15 is 0 Å². The van der Waals surface area contributed by atoms with E-state index in [-0.39, 0.29) is 29.3 Å². The molecule has 2 fully saturated rings. The predicted molar refractivity (Wildman–Crippen MR) is 108 cm³/mol. The van der Waals surface area contributed by atoms with Crippen LogP contribution in [0.5, 0.6) is 0 Å². The molecule has 0 radical (unpaired) electrons. The molecule has 2 aliphatic rings. The summed E-state index contributed by atoms with van der Waals surface area (Å²) in [4.78, 5) is 55.6. The first kappa shape index (κ1) is 21.1. The normalized spacial score (nSPS) is 19.0. The number of pyridine rings is 1. The lowest BCUT2D eigenvalue weighted by Crippen LogP contribution is -2.58. The Bertz CT molecular complexity index is 868. The Morgan fingerprint density at radius 2 is 1.83 bits per heavy atom. The zero-order valence-corrected chi connectivity index (χ0v) is 17.7. The van der Waals surface area contributed by atoms with Gasteiger partial charge in [0.05, 0.1) is 0 Å². The number of aromatic nitrogens is 1. The lowest BCUT2D eigenvalue weighted by molar-refractivity contribution is -0.135. The molecule has 0 N–H and O–H groups in total. The summed E-state index contributed by atoms with van der Waals surface area (Å²) in [5, 5.41) is 0. The van der Waals surface area contributed by atoms with Crippen LogP contribution in [0, 0.1) is 5.92 Å². The van der Waals surface area contributed by atoms with Crippen LogP contribution in [0.15, 0.2) is 23.1 Å². The van der Waals surface area contributed by atoms with Gasteiger partial charge in [-0.25, -0.2) is 4.79 Å². The van der Waals surface area contributed by atoms with Gasteiger partial charge in [-0.1, -0.05) is 20.8 Å². The number of likely N-dealkylation sites (tertiary alicyclic amines) is 1. The van der Waals surface area contributed by atoms with Crippen LogP contribution in [0.25, 0.3) is 0 Å². The number of nitrogens with zero attached hydrogens (tertiary/aromatic N) is 4. The number of hydrogen-bond acceptors (Lipinski definition) is 4. The van der Waals surface area contributed by atoms with Crippen LogP contribution in [0.1, 0.15) is 50.4 Å². The Kier molecular flexibility index (Phi) is 5.82. The molecule has 2 aliphatic heterocycles. The van der Waals surface area contributed by atoms with E-state index in [1.54, 1.807) is 29.1 Å². The Morgan fingerprint density at radius 1 is 1.17 bits per heavy atom. The van der Waals surface area contributed by atoms with E-state index in [4.69, 9.17) is 0 Å². The van der Waals surface area contributed by atoms with E-state index in [2.05, 4.69) is 0 Å². The molecule has 1 spiro atoms. The van der Waals surface area contributed by atoms with E-state index < -0.39 is 5.54 Å². The van der Waals surface area contributed by atoms with E-state index in [0.717, 1.165) is 6.42 Å². The number of carbonyl (C=O) groups excluding carboxylic acids is 3. The molecule has 158 valence electrons. The van der Waals surface area contributed by atoms with Gasteiger partial charge in [0.25, 0.3) is 17.4 Å². The van der Waals surface area contributed by atoms with Gasteiger partial charge in [-0.3, -0.25) is 19.3 Å². The third kappa shape index (κ3) is 3.68. The monoisotopic (exact) mass is 402 g/mol. The zero-order valence-electron chi connectivity index (χ0n) is 17.7. The van der Waals surface area contributed by atoms with Crippen LogP contribution in [-0.2, 0) is 11.8 Å². The topological polar surface area (TPSA) is 82.9 Å². The van der Waals surface area contributed by atoms with Gasteiger partial charge in [0, 0.05) is 51.1 Å².